The van der Waals surface area contributed by atoms with Crippen molar-refractivity contribution in [2.24, 2.45) is 0 Å². The number of nitrogens with one attached hydrogen (secondary N) is 3. The first kappa shape index (κ1) is 24.8. The molecule has 0 saturated carbocycles. The average molecular weight is 487 g/mol. The van der Waals surface area contributed by atoms with Crippen molar-refractivity contribution in [1.82, 2.24) is 14.3 Å². The largest absolute Gasteiger partial charge is 0.496 e. The van der Waals surface area contributed by atoms with Gasteiger partial charge in [-0.3, -0.25) is 14.3 Å². The summed E-state index contributed by atoms with van der Waals surface area (Å²) in [5.41, 5.74) is 1.78. The summed E-state index contributed by atoms with van der Waals surface area (Å²) >= 11 is 0. The second-order valence-corrected chi connectivity index (χ2v) is 10.5. The SMILES string of the molecule is COc1c(-c2ccc(NC(=O)NS(C)(=O)=O)cc2)cc(-n2ccc(=O)[nH]c2=O)cc1C(C)(C)C. The molecular formula is C23H26N4O6S. The molecule has 0 spiro atoms. The molecule has 34 heavy (non-hydrogen) atoms. The Morgan fingerprint density at radius 1 is 1.06 bits per heavy atom. The molecule has 3 aromatic rings. The van der Waals surface area contributed by atoms with E-state index in [2.05, 4.69) is 10.3 Å². The number of benzene rings is 2. The lowest BCUT2D eigenvalue weighted by molar-refractivity contribution is 0.256. The number of amides is 2. The molecule has 0 aliphatic rings. The minimum atomic E-state index is -3.69. The lowest BCUT2D eigenvalue weighted by Crippen LogP contribution is -2.33. The third-order valence-corrected chi connectivity index (χ3v) is 5.48. The van der Waals surface area contributed by atoms with E-state index >= 15 is 0 Å². The zero-order valence-electron chi connectivity index (χ0n) is 19.4. The number of nitrogens with zero attached hydrogens (tertiary/aromatic N) is 1. The molecular weight excluding hydrogens is 460 g/mol. The number of methoxy groups -OCH3 is 1. The van der Waals surface area contributed by atoms with Crippen LogP contribution in [0.25, 0.3) is 16.8 Å². The van der Waals surface area contributed by atoms with E-state index in [1.54, 1.807) is 37.4 Å². The van der Waals surface area contributed by atoms with Gasteiger partial charge >= 0.3 is 11.7 Å². The van der Waals surface area contributed by atoms with Crippen molar-refractivity contribution in [2.45, 2.75) is 26.2 Å². The molecule has 0 unspecified atom stereocenters. The van der Waals surface area contributed by atoms with E-state index in [-0.39, 0.29) is 5.41 Å². The minimum Gasteiger partial charge on any atom is -0.496 e. The number of sulfonamides is 1. The third-order valence-electron chi connectivity index (χ3n) is 4.92. The summed E-state index contributed by atoms with van der Waals surface area (Å²) in [6.07, 6.45) is 2.29. The Balaban J connectivity index is 2.12. The number of ether oxygens (including phenoxy) is 1. The summed E-state index contributed by atoms with van der Waals surface area (Å²) in [5.74, 6) is 0.615. The molecule has 0 saturated heterocycles. The number of H-pyrrole nitrogens is 1. The molecule has 0 aliphatic heterocycles. The van der Waals surface area contributed by atoms with Gasteiger partial charge in [-0.15, -0.1) is 0 Å². The Morgan fingerprint density at radius 2 is 1.71 bits per heavy atom. The number of hydrogen-bond acceptors (Lipinski definition) is 6. The fourth-order valence-corrected chi connectivity index (χ4v) is 3.81. The minimum absolute atomic E-state index is 0.340. The Bertz CT molecular complexity index is 1450. The maximum atomic E-state index is 12.4. The number of aromatic amines is 1. The molecule has 1 heterocycles. The fourth-order valence-electron chi connectivity index (χ4n) is 3.42. The standard InChI is InChI=1S/C23H26N4O6S/c1-23(2,3)18-13-16(27-11-10-19(28)25-22(27)30)12-17(20(18)33-4)14-6-8-15(9-7-14)24-21(29)26-34(5,31)32/h6-13H,1-5H3,(H2,24,26,29)(H,25,28,30). The number of rotatable bonds is 5. The second kappa shape index (κ2) is 9.18. The molecule has 0 bridgehead atoms. The lowest BCUT2D eigenvalue weighted by atomic mass is 9.83. The van der Waals surface area contributed by atoms with Gasteiger partial charge in [0.15, 0.2) is 0 Å². The summed E-state index contributed by atoms with van der Waals surface area (Å²) < 4.78 is 31.4. The van der Waals surface area contributed by atoms with Crippen LogP contribution in [0.1, 0.15) is 26.3 Å². The highest BCUT2D eigenvalue weighted by atomic mass is 32.2. The van der Waals surface area contributed by atoms with Crippen LogP contribution in [0.15, 0.2) is 58.3 Å². The monoisotopic (exact) mass is 486 g/mol. The second-order valence-electron chi connectivity index (χ2n) is 8.71. The van der Waals surface area contributed by atoms with Crippen LogP contribution in [0.3, 0.4) is 0 Å². The van der Waals surface area contributed by atoms with Crippen molar-refractivity contribution in [3.05, 3.63) is 75.1 Å². The molecule has 0 radical (unpaired) electrons. The van der Waals surface area contributed by atoms with Crippen LogP contribution >= 0.6 is 0 Å². The van der Waals surface area contributed by atoms with Gasteiger partial charge in [-0.25, -0.2) is 22.7 Å². The van der Waals surface area contributed by atoms with Crippen LogP contribution in [0.5, 0.6) is 5.75 Å². The summed E-state index contributed by atoms with van der Waals surface area (Å²) in [6, 6.07) is 10.7. The third kappa shape index (κ3) is 5.73. The number of hydrogen-bond donors (Lipinski definition) is 3. The first-order valence-corrected chi connectivity index (χ1v) is 12.1. The first-order valence-electron chi connectivity index (χ1n) is 10.2. The highest BCUT2D eigenvalue weighted by Crippen LogP contribution is 2.41. The molecule has 1 aromatic heterocycles. The fraction of sp³-hybridized carbons (Fsp3) is 0.261. The normalized spacial score (nSPS) is 11.7. The van der Waals surface area contributed by atoms with Crippen LogP contribution in [0, 0.1) is 0 Å². The van der Waals surface area contributed by atoms with Gasteiger partial charge in [0.25, 0.3) is 5.56 Å². The van der Waals surface area contributed by atoms with Gasteiger partial charge in [-0.2, -0.15) is 0 Å². The molecule has 3 rings (SSSR count). The van der Waals surface area contributed by atoms with Gasteiger partial charge in [0.1, 0.15) is 5.75 Å². The van der Waals surface area contributed by atoms with Crippen LogP contribution in [-0.4, -0.2) is 37.4 Å². The molecule has 11 heteroatoms. The van der Waals surface area contributed by atoms with Crippen LogP contribution < -0.4 is 26.0 Å². The average Bonchev–Trinajstić information content (AvgIpc) is 2.71. The zero-order valence-corrected chi connectivity index (χ0v) is 20.2. The van der Waals surface area contributed by atoms with Gasteiger partial charge < -0.3 is 10.1 Å². The van der Waals surface area contributed by atoms with E-state index in [1.165, 1.54) is 16.8 Å². The van der Waals surface area contributed by atoms with Crippen LogP contribution in [0.4, 0.5) is 10.5 Å². The van der Waals surface area contributed by atoms with Crippen molar-refractivity contribution >= 4 is 21.7 Å². The maximum absolute atomic E-state index is 12.4. The Morgan fingerprint density at radius 3 is 2.24 bits per heavy atom. The number of aromatic nitrogens is 2. The molecule has 0 aliphatic carbocycles. The maximum Gasteiger partial charge on any atom is 0.332 e. The topological polar surface area (TPSA) is 139 Å². The van der Waals surface area contributed by atoms with E-state index in [1.807, 2.05) is 31.6 Å². The predicted molar refractivity (Wildman–Crippen MR) is 130 cm³/mol. The van der Waals surface area contributed by atoms with Crippen molar-refractivity contribution < 1.29 is 17.9 Å². The highest BCUT2D eigenvalue weighted by molar-refractivity contribution is 7.89. The molecule has 0 fully saturated rings. The van der Waals surface area contributed by atoms with E-state index in [0.29, 0.717) is 22.7 Å². The number of carbonyl (C=O) groups is 1. The van der Waals surface area contributed by atoms with Gasteiger partial charge in [0, 0.05) is 29.1 Å². The Hall–Kier alpha value is -3.86. The summed E-state index contributed by atoms with van der Waals surface area (Å²) in [5, 5.41) is 2.45. The summed E-state index contributed by atoms with van der Waals surface area (Å²) in [4.78, 5) is 38.0. The van der Waals surface area contributed by atoms with Gasteiger partial charge in [0.05, 0.1) is 19.1 Å². The molecule has 2 aromatic carbocycles. The van der Waals surface area contributed by atoms with Crippen LogP contribution in [0.2, 0.25) is 0 Å². The highest BCUT2D eigenvalue weighted by Gasteiger charge is 2.24. The molecule has 3 N–H and O–H groups in total. The van der Waals surface area contributed by atoms with E-state index in [4.69, 9.17) is 4.74 Å². The van der Waals surface area contributed by atoms with E-state index in [0.717, 1.165) is 17.4 Å². The van der Waals surface area contributed by atoms with Crippen molar-refractivity contribution in [2.75, 3.05) is 18.7 Å². The molecule has 2 amide bonds. The smallest absolute Gasteiger partial charge is 0.332 e. The first-order chi connectivity index (χ1) is 15.8. The summed E-state index contributed by atoms with van der Waals surface area (Å²) in [6.45, 7) is 6.05. The zero-order chi connectivity index (χ0) is 25.3. The quantitative estimate of drug-likeness (QED) is 0.507. The van der Waals surface area contributed by atoms with Crippen molar-refractivity contribution in [3.8, 4) is 22.6 Å². The van der Waals surface area contributed by atoms with Crippen LogP contribution in [-0.2, 0) is 15.4 Å². The Labute approximate surface area is 196 Å². The summed E-state index contributed by atoms with van der Waals surface area (Å²) in [7, 11) is -2.13. The predicted octanol–water partition coefficient (Wildman–Crippen LogP) is 2.58. The van der Waals surface area contributed by atoms with E-state index in [9.17, 15) is 22.8 Å². The van der Waals surface area contributed by atoms with Gasteiger partial charge in [0.2, 0.25) is 10.0 Å². The molecule has 180 valence electrons. The van der Waals surface area contributed by atoms with Crippen molar-refractivity contribution in [1.29, 1.82) is 0 Å². The Kier molecular flexibility index (Phi) is 6.69. The van der Waals surface area contributed by atoms with Gasteiger partial charge in [-0.05, 0) is 35.2 Å². The van der Waals surface area contributed by atoms with Gasteiger partial charge in [-0.1, -0.05) is 32.9 Å². The number of anilines is 1. The lowest BCUT2D eigenvalue weighted by Gasteiger charge is -2.25. The van der Waals surface area contributed by atoms with E-state index < -0.39 is 27.3 Å². The number of urea groups is 1. The molecule has 0 atom stereocenters. The molecule has 10 nitrogen and oxygen atoms in total. The number of carbonyl (C=O) groups excluding carboxylic acids is 1. The van der Waals surface area contributed by atoms with Crippen molar-refractivity contribution in [3.63, 3.8) is 0 Å².